The zero-order valence-corrected chi connectivity index (χ0v) is 20.1. The first-order chi connectivity index (χ1) is 16.7. The number of aliphatic carboxylic acids is 1. The molecule has 1 aliphatic heterocycles. The molecule has 0 saturated heterocycles. The highest BCUT2D eigenvalue weighted by Gasteiger charge is 2.33. The van der Waals surface area contributed by atoms with Crippen molar-refractivity contribution in [3.8, 4) is 11.5 Å². The van der Waals surface area contributed by atoms with Gasteiger partial charge in [-0.1, -0.05) is 23.7 Å². The standard InChI is InChI=1S/C24H21ClN2O7S/c1-33-21-8-6-17(25)14-22(21)35(31,32)27-9-10-34-20-7-5-16(13-19(20)27)24(30)26-18-4-2-3-15(11-18)12-23(28)29/h2-8,11,13-14H,9-10,12H2,1H3,(H,26,30)(H,28,29). The highest BCUT2D eigenvalue weighted by Crippen LogP contribution is 2.38. The Hall–Kier alpha value is -3.76. The van der Waals surface area contributed by atoms with Crippen LogP contribution < -0.4 is 19.1 Å². The zero-order chi connectivity index (χ0) is 25.2. The average Bonchev–Trinajstić information content (AvgIpc) is 2.83. The molecule has 1 aliphatic rings. The molecule has 1 heterocycles. The van der Waals surface area contributed by atoms with E-state index in [9.17, 15) is 18.0 Å². The number of amides is 1. The highest BCUT2D eigenvalue weighted by molar-refractivity contribution is 7.93. The number of carboxylic acid groups (broad SMARTS) is 1. The van der Waals surface area contributed by atoms with Gasteiger partial charge in [0.15, 0.2) is 0 Å². The summed E-state index contributed by atoms with van der Waals surface area (Å²) in [6, 6.07) is 15.3. The summed E-state index contributed by atoms with van der Waals surface area (Å²) in [5, 5.41) is 11.9. The molecule has 0 unspecified atom stereocenters. The average molecular weight is 517 g/mol. The maximum Gasteiger partial charge on any atom is 0.307 e. The molecule has 2 N–H and O–H groups in total. The molecule has 9 nitrogen and oxygen atoms in total. The molecule has 0 aliphatic carbocycles. The third kappa shape index (κ3) is 5.18. The number of nitrogens with zero attached hydrogens (tertiary/aromatic N) is 1. The fraction of sp³-hybridized carbons (Fsp3) is 0.167. The van der Waals surface area contributed by atoms with E-state index in [0.29, 0.717) is 17.0 Å². The van der Waals surface area contributed by atoms with Crippen molar-refractivity contribution >= 4 is 44.9 Å². The summed E-state index contributed by atoms with van der Waals surface area (Å²) < 4.78 is 39.1. The predicted molar refractivity (Wildman–Crippen MR) is 130 cm³/mol. The second-order valence-electron chi connectivity index (χ2n) is 7.63. The summed E-state index contributed by atoms with van der Waals surface area (Å²) >= 11 is 6.05. The normalized spacial score (nSPS) is 12.9. The van der Waals surface area contributed by atoms with Crippen molar-refractivity contribution in [2.75, 3.05) is 29.9 Å². The molecular formula is C24H21ClN2O7S. The third-order valence-electron chi connectivity index (χ3n) is 5.28. The van der Waals surface area contributed by atoms with E-state index in [2.05, 4.69) is 5.32 Å². The van der Waals surface area contributed by atoms with Crippen LogP contribution in [-0.2, 0) is 21.2 Å². The van der Waals surface area contributed by atoms with Gasteiger partial charge in [0.1, 0.15) is 23.0 Å². The lowest BCUT2D eigenvalue weighted by Gasteiger charge is -2.31. The number of methoxy groups -OCH3 is 1. The quantitative estimate of drug-likeness (QED) is 0.489. The van der Waals surface area contributed by atoms with E-state index >= 15 is 0 Å². The number of anilines is 2. The fourth-order valence-corrected chi connectivity index (χ4v) is 5.56. The zero-order valence-electron chi connectivity index (χ0n) is 18.5. The summed E-state index contributed by atoms with van der Waals surface area (Å²) in [6.45, 7) is 0.143. The number of hydrogen-bond acceptors (Lipinski definition) is 6. The Balaban J connectivity index is 1.66. The molecule has 11 heteroatoms. The van der Waals surface area contributed by atoms with E-state index in [1.54, 1.807) is 24.3 Å². The fourth-order valence-electron chi connectivity index (χ4n) is 3.69. The summed E-state index contributed by atoms with van der Waals surface area (Å²) in [7, 11) is -2.74. The van der Waals surface area contributed by atoms with Crippen molar-refractivity contribution in [2.24, 2.45) is 0 Å². The van der Waals surface area contributed by atoms with Gasteiger partial charge in [0.25, 0.3) is 15.9 Å². The van der Waals surface area contributed by atoms with Crippen LogP contribution in [-0.4, -0.2) is 45.7 Å². The van der Waals surface area contributed by atoms with E-state index in [1.165, 1.54) is 43.5 Å². The second kappa shape index (κ2) is 9.85. The van der Waals surface area contributed by atoms with Gasteiger partial charge in [0, 0.05) is 16.3 Å². The number of nitrogens with one attached hydrogen (secondary N) is 1. The molecule has 0 radical (unpaired) electrons. The van der Waals surface area contributed by atoms with Crippen LogP contribution in [0.1, 0.15) is 15.9 Å². The summed E-state index contributed by atoms with van der Waals surface area (Å²) in [5.41, 5.74) is 1.33. The molecule has 0 aromatic heterocycles. The van der Waals surface area contributed by atoms with Gasteiger partial charge in [-0.25, -0.2) is 8.42 Å². The van der Waals surface area contributed by atoms with E-state index in [4.69, 9.17) is 26.2 Å². The Morgan fingerprint density at radius 1 is 1.14 bits per heavy atom. The molecule has 182 valence electrons. The van der Waals surface area contributed by atoms with E-state index in [-0.39, 0.29) is 46.5 Å². The topological polar surface area (TPSA) is 122 Å². The summed E-state index contributed by atoms with van der Waals surface area (Å²) in [6.07, 6.45) is -0.181. The smallest absolute Gasteiger partial charge is 0.307 e. The molecule has 0 saturated carbocycles. The van der Waals surface area contributed by atoms with Crippen molar-refractivity contribution in [1.82, 2.24) is 0 Å². The molecule has 0 fully saturated rings. The Labute approximate surface area is 206 Å². The van der Waals surface area contributed by atoms with Crippen LogP contribution >= 0.6 is 11.6 Å². The van der Waals surface area contributed by atoms with Crippen LogP contribution in [0.15, 0.2) is 65.6 Å². The van der Waals surface area contributed by atoms with Crippen molar-refractivity contribution in [3.05, 3.63) is 76.8 Å². The minimum Gasteiger partial charge on any atom is -0.495 e. The first-order valence-corrected chi connectivity index (χ1v) is 12.3. The number of halogens is 1. The second-order valence-corrected chi connectivity index (χ2v) is 9.90. The monoisotopic (exact) mass is 516 g/mol. The van der Waals surface area contributed by atoms with Gasteiger partial charge in [-0.2, -0.15) is 0 Å². The highest BCUT2D eigenvalue weighted by atomic mass is 35.5. The van der Waals surface area contributed by atoms with Crippen LogP contribution in [0.5, 0.6) is 11.5 Å². The van der Waals surface area contributed by atoms with Crippen LogP contribution in [0.3, 0.4) is 0 Å². The molecule has 3 aromatic rings. The van der Waals surface area contributed by atoms with Crippen LogP contribution in [0.4, 0.5) is 11.4 Å². The Bertz CT molecular complexity index is 1410. The lowest BCUT2D eigenvalue weighted by Crippen LogP contribution is -2.38. The Morgan fingerprint density at radius 2 is 1.94 bits per heavy atom. The van der Waals surface area contributed by atoms with Crippen LogP contribution in [0.2, 0.25) is 5.02 Å². The van der Waals surface area contributed by atoms with Crippen molar-refractivity contribution in [2.45, 2.75) is 11.3 Å². The lowest BCUT2D eigenvalue weighted by molar-refractivity contribution is -0.136. The maximum atomic E-state index is 13.6. The van der Waals surface area contributed by atoms with Crippen molar-refractivity contribution in [3.63, 3.8) is 0 Å². The third-order valence-corrected chi connectivity index (χ3v) is 7.35. The molecule has 0 bridgehead atoms. The number of ether oxygens (including phenoxy) is 2. The minimum atomic E-state index is -4.10. The van der Waals surface area contributed by atoms with Gasteiger partial charge in [-0.15, -0.1) is 0 Å². The van der Waals surface area contributed by atoms with Crippen LogP contribution in [0, 0.1) is 0 Å². The lowest BCUT2D eigenvalue weighted by atomic mass is 10.1. The molecule has 0 atom stereocenters. The van der Waals surface area contributed by atoms with Crippen LogP contribution in [0.25, 0.3) is 0 Å². The molecule has 3 aromatic carbocycles. The number of hydrogen-bond donors (Lipinski definition) is 2. The van der Waals surface area contributed by atoms with Crippen molar-refractivity contribution < 1.29 is 32.6 Å². The predicted octanol–water partition coefficient (Wildman–Crippen LogP) is 3.82. The molecule has 35 heavy (non-hydrogen) atoms. The van der Waals surface area contributed by atoms with Gasteiger partial charge >= 0.3 is 5.97 Å². The number of benzene rings is 3. The van der Waals surface area contributed by atoms with Gasteiger partial charge < -0.3 is 19.9 Å². The van der Waals surface area contributed by atoms with E-state index < -0.39 is 21.9 Å². The Kier molecular flexibility index (Phi) is 6.86. The molecular weight excluding hydrogens is 496 g/mol. The van der Waals surface area contributed by atoms with Gasteiger partial charge in [0.2, 0.25) is 0 Å². The SMILES string of the molecule is COc1ccc(Cl)cc1S(=O)(=O)N1CCOc2ccc(C(=O)Nc3cccc(CC(=O)O)c3)cc21. The number of carbonyl (C=O) groups excluding carboxylic acids is 1. The maximum absolute atomic E-state index is 13.6. The van der Waals surface area contributed by atoms with E-state index in [0.717, 1.165) is 4.31 Å². The summed E-state index contributed by atoms with van der Waals surface area (Å²) in [5.74, 6) is -1.04. The van der Waals surface area contributed by atoms with Gasteiger partial charge in [0.05, 0.1) is 25.8 Å². The van der Waals surface area contributed by atoms with Crippen molar-refractivity contribution in [1.29, 1.82) is 0 Å². The van der Waals surface area contributed by atoms with Gasteiger partial charge in [-0.3, -0.25) is 13.9 Å². The summed E-state index contributed by atoms with van der Waals surface area (Å²) in [4.78, 5) is 23.8. The number of rotatable bonds is 7. The van der Waals surface area contributed by atoms with E-state index in [1.807, 2.05) is 0 Å². The number of sulfonamides is 1. The number of carbonyl (C=O) groups is 2. The van der Waals surface area contributed by atoms with Gasteiger partial charge in [-0.05, 0) is 54.1 Å². The molecule has 1 amide bonds. The largest absolute Gasteiger partial charge is 0.495 e. The molecule has 4 rings (SSSR count). The first-order valence-electron chi connectivity index (χ1n) is 10.4. The number of carboxylic acids is 1. The minimum absolute atomic E-state index is 0.0211. The molecule has 0 spiro atoms. The Morgan fingerprint density at radius 3 is 2.69 bits per heavy atom. The first kappa shape index (κ1) is 24.4. The number of fused-ring (bicyclic) bond motifs is 1.